The van der Waals surface area contributed by atoms with Gasteiger partial charge in [0, 0.05) is 10.6 Å². The third-order valence-electron chi connectivity index (χ3n) is 3.60. The standard InChI is InChI=1S/C17H13ClN6OS/c1-11(15-19-20-16(25-15)12-5-3-2-4-6-12)26-17-21-22-23-24(17)14-9-7-13(18)8-10-14/h2-11H,1H3. The first-order valence-electron chi connectivity index (χ1n) is 7.80. The van der Waals surface area contributed by atoms with Crippen LogP contribution in [-0.2, 0) is 0 Å². The maximum atomic E-state index is 5.94. The molecule has 4 rings (SSSR count). The SMILES string of the molecule is CC(Sc1nnnn1-c1ccc(Cl)cc1)c1nnc(-c2ccccc2)o1. The number of hydrogen-bond acceptors (Lipinski definition) is 7. The van der Waals surface area contributed by atoms with Crippen LogP contribution in [0.15, 0.2) is 64.2 Å². The van der Waals surface area contributed by atoms with Crippen LogP contribution in [0.2, 0.25) is 5.02 Å². The molecule has 1 atom stereocenters. The van der Waals surface area contributed by atoms with Gasteiger partial charge in [-0.2, -0.15) is 4.68 Å². The maximum Gasteiger partial charge on any atom is 0.247 e. The van der Waals surface area contributed by atoms with Gasteiger partial charge in [-0.1, -0.05) is 41.6 Å². The summed E-state index contributed by atoms with van der Waals surface area (Å²) in [5, 5.41) is 21.3. The van der Waals surface area contributed by atoms with Crippen LogP contribution in [0.4, 0.5) is 0 Å². The van der Waals surface area contributed by atoms with Crippen molar-refractivity contribution in [2.75, 3.05) is 0 Å². The van der Waals surface area contributed by atoms with Gasteiger partial charge in [0.1, 0.15) is 0 Å². The first-order chi connectivity index (χ1) is 12.7. The molecule has 0 saturated carbocycles. The van der Waals surface area contributed by atoms with Gasteiger partial charge in [0.2, 0.25) is 16.9 Å². The Kier molecular flexibility index (Phi) is 4.68. The number of halogens is 1. The van der Waals surface area contributed by atoms with Gasteiger partial charge in [-0.05, 0) is 53.7 Å². The second-order valence-corrected chi connectivity index (χ2v) is 7.17. The average Bonchev–Trinajstić information content (AvgIpc) is 3.33. The van der Waals surface area contributed by atoms with Gasteiger partial charge in [0.25, 0.3) is 0 Å². The molecule has 0 aliphatic rings. The molecule has 0 aliphatic carbocycles. The van der Waals surface area contributed by atoms with E-state index in [1.54, 1.807) is 16.8 Å². The number of benzene rings is 2. The Morgan fingerprint density at radius 2 is 1.77 bits per heavy atom. The van der Waals surface area contributed by atoms with Crippen molar-refractivity contribution in [1.29, 1.82) is 0 Å². The van der Waals surface area contributed by atoms with Crippen LogP contribution < -0.4 is 0 Å². The van der Waals surface area contributed by atoms with Gasteiger partial charge in [0.15, 0.2) is 0 Å². The second kappa shape index (κ2) is 7.27. The molecular formula is C17H13ClN6OS. The maximum absolute atomic E-state index is 5.94. The summed E-state index contributed by atoms with van der Waals surface area (Å²) in [5.41, 5.74) is 1.71. The van der Waals surface area contributed by atoms with Gasteiger partial charge >= 0.3 is 0 Å². The fraction of sp³-hybridized carbons (Fsp3) is 0.118. The molecule has 26 heavy (non-hydrogen) atoms. The Bertz CT molecular complexity index is 1000. The highest BCUT2D eigenvalue weighted by Crippen LogP contribution is 2.34. The molecule has 1 unspecified atom stereocenters. The summed E-state index contributed by atoms with van der Waals surface area (Å²) >= 11 is 7.37. The van der Waals surface area contributed by atoms with Crippen molar-refractivity contribution in [2.45, 2.75) is 17.3 Å². The monoisotopic (exact) mass is 384 g/mol. The van der Waals surface area contributed by atoms with Crippen molar-refractivity contribution in [3.8, 4) is 17.1 Å². The number of rotatable bonds is 5. The highest BCUT2D eigenvalue weighted by Gasteiger charge is 2.20. The summed E-state index contributed by atoms with van der Waals surface area (Å²) in [5.74, 6) is 1.00. The molecule has 0 fully saturated rings. The van der Waals surface area contributed by atoms with E-state index in [1.165, 1.54) is 11.8 Å². The van der Waals surface area contributed by atoms with Crippen molar-refractivity contribution in [2.24, 2.45) is 0 Å². The molecular weight excluding hydrogens is 372 g/mol. The third-order valence-corrected chi connectivity index (χ3v) is 4.88. The van der Waals surface area contributed by atoms with E-state index in [0.29, 0.717) is 22.0 Å². The zero-order chi connectivity index (χ0) is 17.9. The normalized spacial score (nSPS) is 12.2. The topological polar surface area (TPSA) is 82.5 Å². The second-order valence-electron chi connectivity index (χ2n) is 5.42. The number of tetrazole rings is 1. The van der Waals surface area contributed by atoms with E-state index in [-0.39, 0.29) is 5.25 Å². The highest BCUT2D eigenvalue weighted by molar-refractivity contribution is 7.99. The summed E-state index contributed by atoms with van der Waals surface area (Å²) in [7, 11) is 0. The minimum Gasteiger partial charge on any atom is -0.419 e. The van der Waals surface area contributed by atoms with Gasteiger partial charge in [-0.3, -0.25) is 0 Å². The highest BCUT2D eigenvalue weighted by atomic mass is 35.5. The third kappa shape index (κ3) is 3.47. The Morgan fingerprint density at radius 3 is 2.54 bits per heavy atom. The lowest BCUT2D eigenvalue weighted by Crippen LogP contribution is -2.00. The molecule has 2 aromatic carbocycles. The van der Waals surface area contributed by atoms with Crippen molar-refractivity contribution >= 4 is 23.4 Å². The number of nitrogens with zero attached hydrogens (tertiary/aromatic N) is 6. The van der Waals surface area contributed by atoms with Crippen molar-refractivity contribution in [3.05, 3.63) is 65.5 Å². The molecule has 0 amide bonds. The molecule has 0 saturated heterocycles. The Hall–Kier alpha value is -2.71. The van der Waals surface area contributed by atoms with E-state index in [2.05, 4.69) is 25.7 Å². The van der Waals surface area contributed by atoms with E-state index < -0.39 is 0 Å². The minimum atomic E-state index is -0.114. The molecule has 4 aromatic rings. The lowest BCUT2D eigenvalue weighted by molar-refractivity contribution is 0.509. The van der Waals surface area contributed by atoms with E-state index in [9.17, 15) is 0 Å². The molecule has 0 spiro atoms. The number of hydrogen-bond donors (Lipinski definition) is 0. The largest absolute Gasteiger partial charge is 0.419 e. The quantitative estimate of drug-likeness (QED) is 0.476. The van der Waals surface area contributed by atoms with E-state index in [4.69, 9.17) is 16.0 Å². The van der Waals surface area contributed by atoms with Crippen molar-refractivity contribution < 1.29 is 4.42 Å². The van der Waals surface area contributed by atoms with Gasteiger partial charge < -0.3 is 4.42 Å². The fourth-order valence-electron chi connectivity index (χ4n) is 2.30. The van der Waals surface area contributed by atoms with Crippen LogP contribution in [0.25, 0.3) is 17.1 Å². The van der Waals surface area contributed by atoms with Crippen LogP contribution in [-0.4, -0.2) is 30.4 Å². The number of thioether (sulfide) groups is 1. The zero-order valence-electron chi connectivity index (χ0n) is 13.7. The Labute approximate surface area is 158 Å². The predicted octanol–water partition coefficient (Wildman–Crippen LogP) is 4.22. The molecule has 2 heterocycles. The molecule has 0 radical (unpaired) electrons. The molecule has 9 heteroatoms. The van der Waals surface area contributed by atoms with E-state index in [0.717, 1.165) is 11.3 Å². The summed E-state index contributed by atoms with van der Waals surface area (Å²) in [6.07, 6.45) is 0. The summed E-state index contributed by atoms with van der Waals surface area (Å²) in [6.45, 7) is 1.97. The van der Waals surface area contributed by atoms with Crippen LogP contribution in [0.3, 0.4) is 0 Å². The van der Waals surface area contributed by atoms with Gasteiger partial charge in [-0.15, -0.1) is 15.3 Å². The first-order valence-corrected chi connectivity index (χ1v) is 9.06. The van der Waals surface area contributed by atoms with Crippen molar-refractivity contribution in [1.82, 2.24) is 30.4 Å². The lowest BCUT2D eigenvalue weighted by atomic mass is 10.2. The number of aromatic nitrogens is 6. The lowest BCUT2D eigenvalue weighted by Gasteiger charge is -2.07. The Balaban J connectivity index is 1.54. The molecule has 0 N–H and O–H groups in total. The molecule has 130 valence electrons. The van der Waals surface area contributed by atoms with Gasteiger partial charge in [0.05, 0.1) is 10.9 Å². The molecule has 2 aromatic heterocycles. The van der Waals surface area contributed by atoms with Gasteiger partial charge in [-0.25, -0.2) is 0 Å². The molecule has 0 aliphatic heterocycles. The van der Waals surface area contributed by atoms with Crippen LogP contribution in [0.5, 0.6) is 0 Å². The van der Waals surface area contributed by atoms with Crippen LogP contribution in [0.1, 0.15) is 18.1 Å². The Morgan fingerprint density at radius 1 is 1.00 bits per heavy atom. The summed E-state index contributed by atoms with van der Waals surface area (Å²) in [6, 6.07) is 16.9. The summed E-state index contributed by atoms with van der Waals surface area (Å²) < 4.78 is 7.45. The van der Waals surface area contributed by atoms with Crippen LogP contribution >= 0.6 is 23.4 Å². The molecule has 0 bridgehead atoms. The molecule has 7 nitrogen and oxygen atoms in total. The minimum absolute atomic E-state index is 0.114. The average molecular weight is 385 g/mol. The van der Waals surface area contributed by atoms with E-state index in [1.807, 2.05) is 49.4 Å². The zero-order valence-corrected chi connectivity index (χ0v) is 15.2. The summed E-state index contributed by atoms with van der Waals surface area (Å²) in [4.78, 5) is 0. The predicted molar refractivity (Wildman–Crippen MR) is 98.2 cm³/mol. The smallest absolute Gasteiger partial charge is 0.247 e. The first kappa shape index (κ1) is 16.7. The van der Waals surface area contributed by atoms with Crippen LogP contribution in [0, 0.1) is 0 Å². The van der Waals surface area contributed by atoms with E-state index >= 15 is 0 Å². The fourth-order valence-corrected chi connectivity index (χ4v) is 3.27. The van der Waals surface area contributed by atoms with Crippen molar-refractivity contribution in [3.63, 3.8) is 0 Å².